The lowest BCUT2D eigenvalue weighted by Crippen LogP contribution is -2.45. The number of hydrogen-bond donors (Lipinski definition) is 1. The van der Waals surface area contributed by atoms with E-state index in [2.05, 4.69) is 25.0 Å². The van der Waals surface area contributed by atoms with Gasteiger partial charge in [0.05, 0.1) is 6.10 Å². The minimum Gasteiger partial charge on any atom is -0.486 e. The lowest BCUT2D eigenvalue weighted by atomic mass is 9.53. The first-order valence-corrected chi connectivity index (χ1v) is 13.5. The molecule has 5 aliphatic carbocycles. The highest BCUT2D eigenvalue weighted by molar-refractivity contribution is 5.93. The number of ether oxygens (including phenoxy) is 2. The zero-order valence-corrected chi connectivity index (χ0v) is 20.7. The van der Waals surface area contributed by atoms with Gasteiger partial charge >= 0.3 is 0 Å². The molecule has 4 nitrogen and oxygen atoms in total. The Morgan fingerprint density at radius 3 is 2.57 bits per heavy atom. The number of ketones is 1. The summed E-state index contributed by atoms with van der Waals surface area (Å²) in [6.07, 6.45) is 15.8. The Hall–Kier alpha value is -2.51. The van der Waals surface area contributed by atoms with Crippen molar-refractivity contribution < 1.29 is 19.4 Å². The molecule has 0 spiro atoms. The number of fused-ring (bicyclic) bond motifs is 5. The van der Waals surface area contributed by atoms with E-state index >= 15 is 0 Å². The molecule has 6 aliphatic rings. The molecule has 3 saturated carbocycles. The fourth-order valence-corrected chi connectivity index (χ4v) is 7.46. The second-order valence-electron chi connectivity index (χ2n) is 11.5. The van der Waals surface area contributed by atoms with Crippen molar-refractivity contribution in [1.82, 2.24) is 0 Å². The highest BCUT2D eigenvalue weighted by Crippen LogP contribution is 2.64. The van der Waals surface area contributed by atoms with Gasteiger partial charge in [0, 0.05) is 18.3 Å². The first-order valence-electron chi connectivity index (χ1n) is 13.5. The zero-order valence-electron chi connectivity index (χ0n) is 20.7. The summed E-state index contributed by atoms with van der Waals surface area (Å²) in [5.74, 6) is 6.57. The van der Waals surface area contributed by atoms with E-state index in [0.29, 0.717) is 37.4 Å². The van der Waals surface area contributed by atoms with Crippen molar-refractivity contribution in [2.75, 3.05) is 13.2 Å². The summed E-state index contributed by atoms with van der Waals surface area (Å²) in [7, 11) is 0. The minimum absolute atomic E-state index is 0.0433. The van der Waals surface area contributed by atoms with E-state index in [1.807, 2.05) is 12.1 Å². The molecule has 0 saturated heterocycles. The fraction of sp³-hybridized carbons (Fsp3) is 0.581. The lowest BCUT2D eigenvalue weighted by molar-refractivity contribution is -0.114. The summed E-state index contributed by atoms with van der Waals surface area (Å²) >= 11 is 0. The molecule has 1 aromatic rings. The first-order chi connectivity index (χ1) is 17.0. The van der Waals surface area contributed by atoms with Crippen molar-refractivity contribution >= 4 is 5.78 Å². The third kappa shape index (κ3) is 4.02. The number of aliphatic hydroxyl groups excluding tert-OH is 1. The molecule has 3 fully saturated rings. The van der Waals surface area contributed by atoms with Crippen LogP contribution in [-0.2, 0) is 4.79 Å². The van der Waals surface area contributed by atoms with Crippen LogP contribution in [0, 0.1) is 35.5 Å². The number of rotatable bonds is 1. The van der Waals surface area contributed by atoms with Gasteiger partial charge in [0.25, 0.3) is 0 Å². The third-order valence-electron chi connectivity index (χ3n) is 9.46. The van der Waals surface area contributed by atoms with Crippen LogP contribution in [0.25, 0.3) is 0 Å². The maximum absolute atomic E-state index is 12.1. The van der Waals surface area contributed by atoms with Crippen molar-refractivity contribution in [2.45, 2.75) is 76.7 Å². The van der Waals surface area contributed by atoms with E-state index in [1.54, 1.807) is 5.57 Å². The summed E-state index contributed by atoms with van der Waals surface area (Å²) < 4.78 is 11.7. The zero-order chi connectivity index (χ0) is 24.2. The SMILES string of the molecule is C#CC1CC1.CC12CC(c3ccc4c(c3)OCCO4)C3=C4CCC(=O)C=C4CCC3C1CCC2O. The standard InChI is InChI=1S/C26H30O4.C5H6/c1-26-14-20(16-3-8-22-23(13-16)30-11-10-29-22)25-18-6-4-17(27)12-15(18)2-5-19(25)21(26)7-9-24(26)28;1-2-5-3-4-5/h3,8,12-13,19-21,24,28H,2,4-7,9-11,14H2,1H3;1,5H,3-4H2. The first kappa shape index (κ1) is 22.9. The molecule has 4 heteroatoms. The van der Waals surface area contributed by atoms with Gasteiger partial charge in [-0.2, -0.15) is 0 Å². The van der Waals surface area contributed by atoms with Crippen LogP contribution in [0.1, 0.15) is 76.2 Å². The second kappa shape index (κ2) is 8.86. The van der Waals surface area contributed by atoms with Gasteiger partial charge in [0.1, 0.15) is 13.2 Å². The lowest BCUT2D eigenvalue weighted by Gasteiger charge is -2.52. The summed E-state index contributed by atoms with van der Waals surface area (Å²) in [4.78, 5) is 12.1. The van der Waals surface area contributed by atoms with E-state index in [4.69, 9.17) is 15.9 Å². The Balaban J connectivity index is 0.000000410. The van der Waals surface area contributed by atoms with Gasteiger partial charge in [-0.3, -0.25) is 4.79 Å². The number of hydrogen-bond acceptors (Lipinski definition) is 4. The average Bonchev–Trinajstić information content (AvgIpc) is 3.67. The number of aliphatic hydroxyl groups is 1. The number of carbonyl (C=O) groups excluding carboxylic acids is 1. The molecule has 1 heterocycles. The molecule has 0 amide bonds. The molecule has 1 N–H and O–H groups in total. The van der Waals surface area contributed by atoms with E-state index < -0.39 is 0 Å². The average molecular weight is 473 g/mol. The Morgan fingerprint density at radius 1 is 1.03 bits per heavy atom. The molecular formula is C31H36O4. The van der Waals surface area contributed by atoms with Crippen molar-refractivity contribution in [3.63, 3.8) is 0 Å². The van der Waals surface area contributed by atoms with Crippen molar-refractivity contribution in [3.8, 4) is 23.8 Å². The molecule has 7 rings (SSSR count). The van der Waals surface area contributed by atoms with E-state index in [0.717, 1.165) is 50.0 Å². The quantitative estimate of drug-likeness (QED) is 0.529. The molecule has 1 aromatic carbocycles. The van der Waals surface area contributed by atoms with Crippen molar-refractivity contribution in [1.29, 1.82) is 0 Å². The molecule has 1 aliphatic heterocycles. The molecule has 0 radical (unpaired) electrons. The summed E-state index contributed by atoms with van der Waals surface area (Å²) in [5.41, 5.74) is 5.52. The second-order valence-corrected chi connectivity index (χ2v) is 11.5. The van der Waals surface area contributed by atoms with Crippen LogP contribution < -0.4 is 9.47 Å². The van der Waals surface area contributed by atoms with Gasteiger partial charge in [-0.25, -0.2) is 0 Å². The molecular weight excluding hydrogens is 436 g/mol. The van der Waals surface area contributed by atoms with Crippen molar-refractivity contribution in [2.24, 2.45) is 23.2 Å². The highest BCUT2D eigenvalue weighted by atomic mass is 16.6. The monoisotopic (exact) mass is 472 g/mol. The molecule has 184 valence electrons. The van der Waals surface area contributed by atoms with Crippen LogP contribution in [0.15, 0.2) is 41.0 Å². The summed E-state index contributed by atoms with van der Waals surface area (Å²) in [5, 5.41) is 11.0. The predicted molar refractivity (Wildman–Crippen MR) is 135 cm³/mol. The normalized spacial score (nSPS) is 35.0. The molecule has 5 atom stereocenters. The van der Waals surface area contributed by atoms with E-state index in [-0.39, 0.29) is 23.2 Å². The van der Waals surface area contributed by atoms with Gasteiger partial charge in [0.15, 0.2) is 17.3 Å². The van der Waals surface area contributed by atoms with Crippen molar-refractivity contribution in [3.05, 3.63) is 46.6 Å². The number of allylic oxidation sites excluding steroid dienone is 4. The summed E-state index contributed by atoms with van der Waals surface area (Å²) in [6, 6.07) is 6.41. The fourth-order valence-electron chi connectivity index (χ4n) is 7.46. The predicted octanol–water partition coefficient (Wildman–Crippen LogP) is 5.75. The van der Waals surface area contributed by atoms with Crippen LogP contribution in [0.3, 0.4) is 0 Å². The number of terminal acetylenes is 1. The topological polar surface area (TPSA) is 55.8 Å². The smallest absolute Gasteiger partial charge is 0.161 e. The molecule has 0 aromatic heterocycles. The van der Waals surface area contributed by atoms with Gasteiger partial charge in [-0.15, -0.1) is 12.3 Å². The number of carbonyl (C=O) groups is 1. The Bertz CT molecular complexity index is 1130. The van der Waals surface area contributed by atoms with Crippen LogP contribution in [0.4, 0.5) is 0 Å². The number of benzene rings is 1. The van der Waals surface area contributed by atoms with Crippen LogP contribution in [0.2, 0.25) is 0 Å². The van der Waals surface area contributed by atoms with Crippen LogP contribution in [0.5, 0.6) is 11.5 Å². The Labute approximate surface area is 208 Å². The minimum atomic E-state index is -0.223. The Morgan fingerprint density at radius 2 is 1.83 bits per heavy atom. The third-order valence-corrected chi connectivity index (χ3v) is 9.46. The Kier molecular flexibility index (Phi) is 5.80. The molecule has 5 unspecified atom stereocenters. The van der Waals surface area contributed by atoms with Crippen LogP contribution >= 0.6 is 0 Å². The van der Waals surface area contributed by atoms with E-state index in [1.165, 1.54) is 29.6 Å². The highest BCUT2D eigenvalue weighted by Gasteiger charge is 2.56. The van der Waals surface area contributed by atoms with Gasteiger partial charge < -0.3 is 14.6 Å². The van der Waals surface area contributed by atoms with Crippen LogP contribution in [-0.4, -0.2) is 30.2 Å². The molecule has 0 bridgehead atoms. The van der Waals surface area contributed by atoms with Gasteiger partial charge in [0.2, 0.25) is 0 Å². The maximum Gasteiger partial charge on any atom is 0.161 e. The van der Waals surface area contributed by atoms with Gasteiger partial charge in [-0.1, -0.05) is 18.6 Å². The van der Waals surface area contributed by atoms with Gasteiger partial charge in [-0.05, 0) is 104 Å². The molecule has 35 heavy (non-hydrogen) atoms. The van der Waals surface area contributed by atoms with E-state index in [9.17, 15) is 9.90 Å². The largest absolute Gasteiger partial charge is 0.486 e. The summed E-state index contributed by atoms with van der Waals surface area (Å²) in [6.45, 7) is 3.50. The maximum atomic E-state index is 12.1.